The Kier molecular flexibility index (Phi) is 10.6. The Morgan fingerprint density at radius 1 is 0.800 bits per heavy atom. The normalized spacial score (nSPS) is 23.2. The van der Waals surface area contributed by atoms with Crippen LogP contribution in [0.25, 0.3) is 0 Å². The zero-order valence-electron chi connectivity index (χ0n) is 25.1. The number of rotatable bonds is 4. The molecule has 5 nitrogen and oxygen atoms in total. The summed E-state index contributed by atoms with van der Waals surface area (Å²) in [6.07, 6.45) is -6.84. The second-order valence-electron chi connectivity index (χ2n) is 12.0. The van der Waals surface area contributed by atoms with E-state index >= 15 is 0 Å². The molecule has 2 fully saturated rings. The number of carbonyl (C=O) groups is 1. The largest absolute Gasteiger partial charge is 0.417 e. The van der Waals surface area contributed by atoms with Crippen molar-refractivity contribution in [2.45, 2.75) is 49.1 Å². The lowest BCUT2D eigenvalue weighted by Gasteiger charge is -2.42. The minimum absolute atomic E-state index is 0.0804. The first-order valence-corrected chi connectivity index (χ1v) is 15.0. The van der Waals surface area contributed by atoms with Crippen LogP contribution in [0.4, 0.5) is 26.3 Å². The summed E-state index contributed by atoms with van der Waals surface area (Å²) in [4.78, 5) is 17.3. The van der Waals surface area contributed by atoms with E-state index in [1.807, 2.05) is 18.0 Å². The molecule has 0 spiro atoms. The quantitative estimate of drug-likeness (QED) is 0.290. The fourth-order valence-electron chi connectivity index (χ4n) is 6.25. The molecular weight excluding hydrogens is 618 g/mol. The molecule has 2 aliphatic rings. The average Bonchev–Trinajstić information content (AvgIpc) is 2.97. The van der Waals surface area contributed by atoms with E-state index in [1.54, 1.807) is 30.3 Å². The van der Waals surface area contributed by atoms with Crippen molar-refractivity contribution in [3.63, 3.8) is 0 Å². The van der Waals surface area contributed by atoms with Gasteiger partial charge >= 0.3 is 12.4 Å². The Hall–Kier alpha value is -3.12. The summed E-state index contributed by atoms with van der Waals surface area (Å²) in [5.74, 6) is -1.18. The van der Waals surface area contributed by atoms with Gasteiger partial charge in [-0.05, 0) is 76.1 Å². The molecule has 5 rings (SSSR count). The molecule has 0 saturated carbocycles. The van der Waals surface area contributed by atoms with Crippen molar-refractivity contribution in [1.29, 1.82) is 0 Å². The van der Waals surface area contributed by atoms with E-state index in [2.05, 4.69) is 41.5 Å². The summed E-state index contributed by atoms with van der Waals surface area (Å²) in [6, 6.07) is 19.5. The van der Waals surface area contributed by atoms with Crippen molar-refractivity contribution >= 4 is 17.5 Å². The zero-order valence-corrected chi connectivity index (χ0v) is 25.9. The molecule has 1 amide bonds. The maximum Gasteiger partial charge on any atom is 0.417 e. The number of nitrogens with zero attached hydrogens (tertiary/aromatic N) is 2. The summed E-state index contributed by atoms with van der Waals surface area (Å²) in [5.41, 5.74) is 2.92. The van der Waals surface area contributed by atoms with Gasteiger partial charge in [0.1, 0.15) is 0 Å². The summed E-state index contributed by atoms with van der Waals surface area (Å²) in [7, 11) is 3.96. The third kappa shape index (κ3) is 8.38. The Morgan fingerprint density at radius 2 is 1.33 bits per heavy atom. The molecule has 244 valence electrons. The van der Waals surface area contributed by atoms with Crippen LogP contribution in [0.15, 0.2) is 72.8 Å². The Labute approximate surface area is 264 Å². The molecule has 0 aromatic heterocycles. The topological polar surface area (TPSA) is 61.6 Å². The number of alkyl halides is 6. The van der Waals surface area contributed by atoms with Gasteiger partial charge in [0.25, 0.3) is 5.91 Å². The molecule has 2 aliphatic heterocycles. The number of nitrogens with two attached hydrogens (primary N) is 1. The second kappa shape index (κ2) is 13.7. The van der Waals surface area contributed by atoms with Crippen molar-refractivity contribution in [2.75, 3.05) is 40.3 Å². The number of carbonyl (C=O) groups excluding carboxylic acids is 1. The lowest BCUT2D eigenvalue weighted by atomic mass is 9.82. The highest BCUT2D eigenvalue weighted by Gasteiger charge is 2.43. The number of halogens is 7. The van der Waals surface area contributed by atoms with Gasteiger partial charge in [-0.25, -0.2) is 0 Å². The first-order chi connectivity index (χ1) is 21.0. The molecule has 3 aromatic carbocycles. The van der Waals surface area contributed by atoms with E-state index in [4.69, 9.17) is 17.3 Å². The molecule has 0 bridgehead atoms. The number of hydrogen-bond acceptors (Lipinski definition) is 4. The van der Waals surface area contributed by atoms with Gasteiger partial charge in [-0.3, -0.25) is 4.79 Å². The van der Waals surface area contributed by atoms with Crippen LogP contribution < -0.4 is 11.1 Å². The first-order valence-electron chi connectivity index (χ1n) is 14.6. The van der Waals surface area contributed by atoms with Crippen LogP contribution in [0.1, 0.15) is 58.3 Å². The maximum atomic E-state index is 13.6. The van der Waals surface area contributed by atoms with Crippen molar-refractivity contribution < 1.29 is 31.1 Å². The second-order valence-corrected chi connectivity index (χ2v) is 12.4. The highest BCUT2D eigenvalue weighted by atomic mass is 35.5. The molecule has 2 saturated heterocycles. The molecule has 0 radical (unpaired) electrons. The minimum Gasteiger partial charge on any atom is -0.341 e. The molecule has 12 heteroatoms. The monoisotopic (exact) mass is 654 g/mol. The van der Waals surface area contributed by atoms with E-state index in [1.165, 1.54) is 18.5 Å². The standard InChI is InChI=1S/C21H19ClF6N2O.C12H18N2/c1-30-9-5-8-19(12-30,13-6-3-2-4-7-13)29-18(31)17-15(21(26,27)28)10-14(11-16(17)22)20(23,24)25;1-14-9-5-8-12(13,10-14)11-6-3-2-4-7-11/h2-4,6-7,10-11H,5,8-9,12H2,1H3,(H,29,31);2-4,6-7H,5,8-10,13H2,1H3. The van der Waals surface area contributed by atoms with Gasteiger partial charge in [0, 0.05) is 13.1 Å². The van der Waals surface area contributed by atoms with Gasteiger partial charge in [-0.2, -0.15) is 26.3 Å². The molecule has 0 aliphatic carbocycles. The van der Waals surface area contributed by atoms with Gasteiger partial charge in [-0.15, -0.1) is 0 Å². The van der Waals surface area contributed by atoms with Crippen LogP contribution in [0.5, 0.6) is 0 Å². The van der Waals surface area contributed by atoms with E-state index in [0.29, 0.717) is 31.0 Å². The maximum absolute atomic E-state index is 13.6. The third-order valence-corrected chi connectivity index (χ3v) is 8.67. The van der Waals surface area contributed by atoms with Crippen molar-refractivity contribution in [3.8, 4) is 0 Å². The van der Waals surface area contributed by atoms with Crippen LogP contribution in [-0.4, -0.2) is 56.0 Å². The molecule has 2 heterocycles. The summed E-state index contributed by atoms with van der Waals surface area (Å²) in [6.45, 7) is 3.20. The summed E-state index contributed by atoms with van der Waals surface area (Å²) in [5, 5.41) is 1.75. The fourth-order valence-corrected chi connectivity index (χ4v) is 6.56. The Bertz CT molecular complexity index is 1450. The van der Waals surface area contributed by atoms with Crippen LogP contribution in [0.2, 0.25) is 5.02 Å². The number of likely N-dealkylation sites (N-methyl/N-ethyl adjacent to an activating group) is 2. The summed E-state index contributed by atoms with van der Waals surface area (Å²) >= 11 is 5.81. The van der Waals surface area contributed by atoms with E-state index in [9.17, 15) is 31.1 Å². The number of benzene rings is 3. The molecule has 45 heavy (non-hydrogen) atoms. The number of piperidine rings is 2. The van der Waals surface area contributed by atoms with Gasteiger partial charge in [0.15, 0.2) is 0 Å². The van der Waals surface area contributed by atoms with Gasteiger partial charge in [-0.1, -0.05) is 72.3 Å². The fraction of sp³-hybridized carbons (Fsp3) is 0.424. The zero-order chi connectivity index (χ0) is 33.0. The first kappa shape index (κ1) is 34.7. The highest BCUT2D eigenvalue weighted by Crippen LogP contribution is 2.41. The molecule has 2 unspecified atom stereocenters. The van der Waals surface area contributed by atoms with Crippen molar-refractivity contribution in [1.82, 2.24) is 15.1 Å². The Balaban J connectivity index is 0.000000273. The van der Waals surface area contributed by atoms with E-state index in [0.717, 1.165) is 19.5 Å². The van der Waals surface area contributed by atoms with Crippen LogP contribution in [-0.2, 0) is 23.4 Å². The minimum atomic E-state index is -5.21. The number of amides is 1. The lowest BCUT2D eigenvalue weighted by molar-refractivity contribution is -0.143. The highest BCUT2D eigenvalue weighted by molar-refractivity contribution is 6.34. The summed E-state index contributed by atoms with van der Waals surface area (Å²) < 4.78 is 79.9. The van der Waals surface area contributed by atoms with Gasteiger partial charge < -0.3 is 20.9 Å². The third-order valence-electron chi connectivity index (χ3n) is 8.38. The average molecular weight is 655 g/mol. The Morgan fingerprint density at radius 3 is 1.84 bits per heavy atom. The van der Waals surface area contributed by atoms with Crippen LogP contribution >= 0.6 is 11.6 Å². The smallest absolute Gasteiger partial charge is 0.341 e. The van der Waals surface area contributed by atoms with Crippen molar-refractivity contribution in [2.24, 2.45) is 5.73 Å². The van der Waals surface area contributed by atoms with Crippen molar-refractivity contribution in [3.05, 3.63) is 106 Å². The number of hydrogen-bond donors (Lipinski definition) is 2. The predicted molar refractivity (Wildman–Crippen MR) is 163 cm³/mol. The van der Waals surface area contributed by atoms with Gasteiger partial charge in [0.05, 0.1) is 32.8 Å². The van der Waals surface area contributed by atoms with Crippen LogP contribution in [0.3, 0.4) is 0 Å². The lowest BCUT2D eigenvalue weighted by Crippen LogP contribution is -2.55. The van der Waals surface area contributed by atoms with Crippen LogP contribution in [0, 0.1) is 0 Å². The molecule has 3 N–H and O–H groups in total. The number of likely N-dealkylation sites (tertiary alicyclic amines) is 2. The number of nitrogens with one attached hydrogen (secondary N) is 1. The predicted octanol–water partition coefficient (Wildman–Crippen LogP) is 7.29. The SMILES string of the molecule is CN1CCCC(N)(c2ccccc2)C1.CN1CCCC(NC(=O)c2c(Cl)cc(C(F)(F)F)cc2C(F)(F)F)(c2ccccc2)C1. The van der Waals surface area contributed by atoms with E-state index in [-0.39, 0.29) is 11.6 Å². The molecular formula is C33H37ClF6N4O. The van der Waals surface area contributed by atoms with Gasteiger partial charge in [0.2, 0.25) is 0 Å². The van der Waals surface area contributed by atoms with E-state index < -0.39 is 45.5 Å². The molecule has 3 aromatic rings. The molecule has 2 atom stereocenters.